The van der Waals surface area contributed by atoms with E-state index < -0.39 is 0 Å². The maximum absolute atomic E-state index is 10.2. The molecule has 0 unspecified atom stereocenters. The monoisotopic (exact) mass is 584 g/mol. The van der Waals surface area contributed by atoms with Crippen molar-refractivity contribution < 1.29 is 14.9 Å². The second kappa shape index (κ2) is 13.9. The maximum atomic E-state index is 10.2. The molecule has 3 heteroatoms. The molecule has 0 aromatic rings. The van der Waals surface area contributed by atoms with Gasteiger partial charge in [0.1, 0.15) is 11.2 Å². The van der Waals surface area contributed by atoms with Gasteiger partial charge >= 0.3 is 0 Å². The Bertz CT molecular complexity index is 1330. The van der Waals surface area contributed by atoms with E-state index >= 15 is 0 Å². The topological polar surface area (TPSA) is 53.0 Å². The van der Waals surface area contributed by atoms with Crippen LogP contribution < -0.4 is 0 Å². The van der Waals surface area contributed by atoms with Gasteiger partial charge in [0, 0.05) is 11.8 Å². The molecular formula is C40H56O3. The lowest BCUT2D eigenvalue weighted by atomic mass is 9.63. The van der Waals surface area contributed by atoms with Crippen molar-refractivity contribution in [1.82, 2.24) is 0 Å². The van der Waals surface area contributed by atoms with E-state index in [4.69, 9.17) is 4.74 Å². The minimum Gasteiger partial charge on any atom is -0.393 e. The van der Waals surface area contributed by atoms with Gasteiger partial charge in [-0.3, -0.25) is 0 Å². The standard InChI is InChI=1S/C40H56O3/c1-29(17-13-19-31(3)21-22-36-33(5)25-34(41)26-37(36,6)7)15-11-12-16-30(2)18-14-20-32(4)23-24-40-38(8,9)27-35(42)28-39(40,10)43-40/h11-24,34-35,41-42H,25-28H2,1-10H3/b12-11+,17-13+,18-14+,22-21+,24-23-,29-15+,30-16+,31-19+,32-20+/t34-,35-,39-,40+/m0/s1. The summed E-state index contributed by atoms with van der Waals surface area (Å²) in [5.74, 6) is 0. The van der Waals surface area contributed by atoms with Crippen molar-refractivity contribution in [2.24, 2.45) is 10.8 Å². The summed E-state index contributed by atoms with van der Waals surface area (Å²) >= 11 is 0. The van der Waals surface area contributed by atoms with Crippen molar-refractivity contribution in [3.8, 4) is 0 Å². The van der Waals surface area contributed by atoms with Gasteiger partial charge in [-0.2, -0.15) is 0 Å². The summed E-state index contributed by atoms with van der Waals surface area (Å²) < 4.78 is 6.25. The highest BCUT2D eigenvalue weighted by Gasteiger charge is 2.74. The molecule has 0 aromatic heterocycles. The average molecular weight is 585 g/mol. The lowest BCUT2D eigenvalue weighted by Crippen LogP contribution is -2.46. The van der Waals surface area contributed by atoms with E-state index in [0.717, 1.165) is 19.3 Å². The highest BCUT2D eigenvalue weighted by atomic mass is 16.6. The molecule has 234 valence electrons. The highest BCUT2D eigenvalue weighted by molar-refractivity contribution is 5.39. The van der Waals surface area contributed by atoms with Crippen LogP contribution in [0.2, 0.25) is 0 Å². The van der Waals surface area contributed by atoms with Crippen molar-refractivity contribution in [3.05, 3.63) is 119 Å². The zero-order chi connectivity index (χ0) is 32.1. The predicted molar refractivity (Wildman–Crippen MR) is 184 cm³/mol. The first kappa shape index (κ1) is 34.8. The van der Waals surface area contributed by atoms with Crippen molar-refractivity contribution >= 4 is 0 Å². The summed E-state index contributed by atoms with van der Waals surface area (Å²) in [6.07, 6.45) is 32.3. The molecule has 3 aliphatic rings. The fraction of sp³-hybridized carbons (Fsp3) is 0.500. The molecule has 3 rings (SSSR count). The minimum absolute atomic E-state index is 0.00262. The number of hydrogen-bond acceptors (Lipinski definition) is 3. The average Bonchev–Trinajstić information content (AvgIpc) is 3.49. The van der Waals surface area contributed by atoms with Gasteiger partial charge in [0.2, 0.25) is 0 Å². The van der Waals surface area contributed by atoms with E-state index in [-0.39, 0.29) is 34.2 Å². The van der Waals surface area contributed by atoms with Gasteiger partial charge in [0.15, 0.2) is 0 Å². The zero-order valence-corrected chi connectivity index (χ0v) is 28.4. The predicted octanol–water partition coefficient (Wildman–Crippen LogP) is 9.76. The Balaban J connectivity index is 1.50. The lowest BCUT2D eigenvalue weighted by Gasteiger charge is -2.39. The quantitative estimate of drug-likeness (QED) is 0.198. The van der Waals surface area contributed by atoms with Gasteiger partial charge in [-0.1, -0.05) is 135 Å². The van der Waals surface area contributed by atoms with Gasteiger partial charge in [-0.05, 0) is 77.9 Å². The van der Waals surface area contributed by atoms with Gasteiger partial charge in [0.05, 0.1) is 12.2 Å². The van der Waals surface area contributed by atoms with Gasteiger partial charge in [0.25, 0.3) is 0 Å². The molecule has 0 amide bonds. The number of epoxide rings is 1. The summed E-state index contributed by atoms with van der Waals surface area (Å²) in [6.45, 7) is 21.5. The lowest BCUT2D eigenvalue weighted by molar-refractivity contribution is 0.0515. The number of aliphatic hydroxyl groups is 2. The molecule has 0 bridgehead atoms. The molecule has 1 saturated heterocycles. The van der Waals surface area contributed by atoms with E-state index in [1.165, 1.54) is 33.4 Å². The Morgan fingerprint density at radius 2 is 1.19 bits per heavy atom. The number of ether oxygens (including phenoxy) is 1. The summed E-state index contributed by atoms with van der Waals surface area (Å²) in [5, 5.41) is 20.4. The Hall–Kier alpha value is -2.72. The van der Waals surface area contributed by atoms with E-state index in [1.54, 1.807) is 0 Å². The molecule has 2 N–H and O–H groups in total. The van der Waals surface area contributed by atoms with Crippen LogP contribution in [-0.2, 0) is 4.74 Å². The fourth-order valence-electron chi connectivity index (χ4n) is 7.06. The minimum atomic E-state index is -0.291. The Morgan fingerprint density at radius 3 is 1.72 bits per heavy atom. The zero-order valence-electron chi connectivity index (χ0n) is 28.4. The van der Waals surface area contributed by atoms with Crippen LogP contribution in [0.15, 0.2) is 119 Å². The molecule has 2 fully saturated rings. The molecule has 0 radical (unpaired) electrons. The second-order valence-electron chi connectivity index (χ2n) is 14.6. The van der Waals surface area contributed by atoms with E-state index in [0.29, 0.717) is 6.42 Å². The SMILES string of the molecule is CC1=C(/C=C/C(C)=C/C=C/C(C)=C/C=C/C=C(C)/C=C/C=C(C)/C=C\[C@]23O[C@@]2(C)C[C@@H](O)CC3(C)C)C(C)(C)C[C@@H](O)C1. The van der Waals surface area contributed by atoms with Gasteiger partial charge in [-0.15, -0.1) is 0 Å². The third kappa shape index (κ3) is 8.91. The molecular weight excluding hydrogens is 528 g/mol. The molecule has 1 aliphatic heterocycles. The fourth-order valence-corrected chi connectivity index (χ4v) is 7.06. The molecule has 0 spiro atoms. The third-order valence-corrected chi connectivity index (χ3v) is 9.34. The third-order valence-electron chi connectivity index (χ3n) is 9.34. The molecule has 1 saturated carbocycles. The molecule has 3 nitrogen and oxygen atoms in total. The normalized spacial score (nSPS) is 32.3. The van der Waals surface area contributed by atoms with Crippen LogP contribution in [0.3, 0.4) is 0 Å². The number of fused-ring (bicyclic) bond motifs is 1. The summed E-state index contributed by atoms with van der Waals surface area (Å²) in [6, 6.07) is 0. The first-order valence-corrected chi connectivity index (χ1v) is 15.9. The van der Waals surface area contributed by atoms with E-state index in [9.17, 15) is 10.2 Å². The summed E-state index contributed by atoms with van der Waals surface area (Å²) in [4.78, 5) is 0. The first-order valence-electron chi connectivity index (χ1n) is 15.9. The van der Waals surface area contributed by atoms with E-state index in [2.05, 4.69) is 154 Å². The van der Waals surface area contributed by atoms with Crippen molar-refractivity contribution in [2.45, 2.75) is 118 Å². The Kier molecular flexibility index (Phi) is 11.3. The van der Waals surface area contributed by atoms with Crippen molar-refractivity contribution in [1.29, 1.82) is 0 Å². The maximum Gasteiger partial charge on any atom is 0.121 e. The largest absolute Gasteiger partial charge is 0.393 e. The molecule has 0 aromatic carbocycles. The van der Waals surface area contributed by atoms with Crippen LogP contribution >= 0.6 is 0 Å². The van der Waals surface area contributed by atoms with Crippen LogP contribution in [0.25, 0.3) is 0 Å². The van der Waals surface area contributed by atoms with Crippen LogP contribution in [0.4, 0.5) is 0 Å². The smallest absolute Gasteiger partial charge is 0.121 e. The number of aliphatic hydroxyl groups excluding tert-OH is 2. The number of hydrogen-bond donors (Lipinski definition) is 2. The number of rotatable bonds is 10. The van der Waals surface area contributed by atoms with Gasteiger partial charge in [-0.25, -0.2) is 0 Å². The number of allylic oxidation sites excluding steroid dienone is 18. The van der Waals surface area contributed by atoms with Crippen LogP contribution in [-0.4, -0.2) is 33.6 Å². The van der Waals surface area contributed by atoms with Crippen molar-refractivity contribution in [2.75, 3.05) is 0 Å². The van der Waals surface area contributed by atoms with Crippen LogP contribution in [0, 0.1) is 10.8 Å². The van der Waals surface area contributed by atoms with Crippen LogP contribution in [0.5, 0.6) is 0 Å². The van der Waals surface area contributed by atoms with Crippen molar-refractivity contribution in [3.63, 3.8) is 0 Å². The molecule has 1 heterocycles. The Morgan fingerprint density at radius 1 is 0.674 bits per heavy atom. The van der Waals surface area contributed by atoms with Crippen LogP contribution in [0.1, 0.15) is 94.9 Å². The molecule has 4 atom stereocenters. The van der Waals surface area contributed by atoms with Gasteiger partial charge < -0.3 is 14.9 Å². The molecule has 43 heavy (non-hydrogen) atoms. The first-order chi connectivity index (χ1) is 20.0. The summed E-state index contributed by atoms with van der Waals surface area (Å²) in [7, 11) is 0. The second-order valence-corrected chi connectivity index (χ2v) is 14.6. The molecule has 2 aliphatic carbocycles. The summed E-state index contributed by atoms with van der Waals surface area (Å²) in [5.41, 5.74) is 6.71. The Labute approximate surface area is 262 Å². The highest BCUT2D eigenvalue weighted by Crippen LogP contribution is 2.66. The van der Waals surface area contributed by atoms with E-state index in [1.807, 2.05) is 0 Å².